The summed E-state index contributed by atoms with van der Waals surface area (Å²) in [6.07, 6.45) is -0.522. The summed E-state index contributed by atoms with van der Waals surface area (Å²) in [4.78, 5) is 35.6. The van der Waals surface area contributed by atoms with Crippen LogP contribution in [0, 0.1) is 0 Å². The van der Waals surface area contributed by atoms with Crippen molar-refractivity contribution >= 4 is 23.7 Å². The van der Waals surface area contributed by atoms with E-state index in [2.05, 4.69) is 10.1 Å². The normalized spacial score (nSPS) is 17.6. The van der Waals surface area contributed by atoms with E-state index in [-0.39, 0.29) is 12.5 Å². The Labute approximate surface area is 115 Å². The van der Waals surface area contributed by atoms with Crippen LogP contribution in [0.2, 0.25) is 0 Å². The van der Waals surface area contributed by atoms with E-state index in [0.717, 1.165) is 0 Å². The van der Waals surface area contributed by atoms with Crippen LogP contribution >= 0.6 is 0 Å². The van der Waals surface area contributed by atoms with Crippen LogP contribution in [0.15, 0.2) is 24.3 Å². The van der Waals surface area contributed by atoms with Crippen molar-refractivity contribution in [2.75, 3.05) is 26.1 Å². The summed E-state index contributed by atoms with van der Waals surface area (Å²) in [5.41, 5.74) is 0.914. The van der Waals surface area contributed by atoms with Crippen molar-refractivity contribution in [2.24, 2.45) is 0 Å². The molecular formula is C13H14N2O5. The number of anilines is 1. The van der Waals surface area contributed by atoms with Gasteiger partial charge in [0.15, 0.2) is 0 Å². The molecule has 106 valence electrons. The number of amides is 2. The van der Waals surface area contributed by atoms with Gasteiger partial charge in [-0.2, -0.15) is 0 Å². The average molecular weight is 278 g/mol. The molecule has 1 saturated heterocycles. The minimum absolute atomic E-state index is 0.0292. The van der Waals surface area contributed by atoms with Crippen LogP contribution in [0.1, 0.15) is 10.4 Å². The van der Waals surface area contributed by atoms with E-state index < -0.39 is 18.1 Å². The molecule has 0 radical (unpaired) electrons. The summed E-state index contributed by atoms with van der Waals surface area (Å²) >= 11 is 0. The highest BCUT2D eigenvalue weighted by molar-refractivity contribution is 5.98. The largest absolute Gasteiger partial charge is 0.465 e. The second-order valence-electron chi connectivity index (χ2n) is 4.26. The maximum atomic E-state index is 12.0. The first-order chi connectivity index (χ1) is 9.52. The van der Waals surface area contributed by atoms with Crippen LogP contribution in [0.25, 0.3) is 0 Å². The lowest BCUT2D eigenvalue weighted by atomic mass is 10.2. The number of rotatable bonds is 3. The number of likely N-dealkylation sites (N-methyl/N-ethyl adjacent to an activating group) is 1. The zero-order valence-corrected chi connectivity index (χ0v) is 11.1. The molecule has 1 fully saturated rings. The summed E-state index contributed by atoms with van der Waals surface area (Å²) in [5, 5.41) is 2.65. The second-order valence-corrected chi connectivity index (χ2v) is 4.26. The van der Waals surface area contributed by atoms with Gasteiger partial charge in [-0.1, -0.05) is 0 Å². The van der Waals surface area contributed by atoms with Gasteiger partial charge in [0.2, 0.25) is 0 Å². The Hall–Kier alpha value is -2.57. The minimum atomic E-state index is -0.650. The van der Waals surface area contributed by atoms with Gasteiger partial charge in [0.25, 0.3) is 5.91 Å². The number of esters is 1. The molecule has 1 aromatic rings. The van der Waals surface area contributed by atoms with Crippen LogP contribution in [-0.4, -0.2) is 49.7 Å². The summed E-state index contributed by atoms with van der Waals surface area (Å²) in [6.45, 7) is 0.0292. The molecule has 2 rings (SSSR count). The zero-order chi connectivity index (χ0) is 14.7. The van der Waals surface area contributed by atoms with Crippen LogP contribution in [0.3, 0.4) is 0 Å². The summed E-state index contributed by atoms with van der Waals surface area (Å²) in [7, 11) is 2.80. The van der Waals surface area contributed by atoms with Gasteiger partial charge in [0, 0.05) is 12.7 Å². The van der Waals surface area contributed by atoms with E-state index >= 15 is 0 Å². The molecule has 1 aliphatic rings. The molecule has 2 amide bonds. The number of methoxy groups -OCH3 is 1. The quantitative estimate of drug-likeness (QED) is 0.829. The fraction of sp³-hybridized carbons (Fsp3) is 0.308. The SMILES string of the molecule is COC(=O)c1ccc(NC(=O)C2COC(=O)N2C)cc1. The Morgan fingerprint density at radius 2 is 2.00 bits per heavy atom. The topological polar surface area (TPSA) is 84.9 Å². The fourth-order valence-corrected chi connectivity index (χ4v) is 1.78. The predicted molar refractivity (Wildman–Crippen MR) is 69.3 cm³/mol. The monoisotopic (exact) mass is 278 g/mol. The molecule has 20 heavy (non-hydrogen) atoms. The molecule has 0 aliphatic carbocycles. The average Bonchev–Trinajstić information content (AvgIpc) is 2.79. The zero-order valence-electron chi connectivity index (χ0n) is 11.1. The molecule has 1 aliphatic heterocycles. The van der Waals surface area contributed by atoms with E-state index in [9.17, 15) is 14.4 Å². The van der Waals surface area contributed by atoms with Gasteiger partial charge >= 0.3 is 12.1 Å². The molecule has 7 nitrogen and oxygen atoms in total. The molecule has 0 saturated carbocycles. The first-order valence-electron chi connectivity index (χ1n) is 5.91. The first kappa shape index (κ1) is 13.9. The van der Waals surface area contributed by atoms with Crippen molar-refractivity contribution in [3.05, 3.63) is 29.8 Å². The molecule has 0 bridgehead atoms. The summed E-state index contributed by atoms with van der Waals surface area (Å²) < 4.78 is 9.34. The van der Waals surface area contributed by atoms with Crippen molar-refractivity contribution in [2.45, 2.75) is 6.04 Å². The van der Waals surface area contributed by atoms with Crippen molar-refractivity contribution in [3.8, 4) is 0 Å². The molecule has 1 N–H and O–H groups in total. The van der Waals surface area contributed by atoms with Gasteiger partial charge in [-0.15, -0.1) is 0 Å². The van der Waals surface area contributed by atoms with Gasteiger partial charge in [-0.05, 0) is 24.3 Å². The number of ether oxygens (including phenoxy) is 2. The molecule has 1 atom stereocenters. The lowest BCUT2D eigenvalue weighted by Crippen LogP contribution is -2.40. The van der Waals surface area contributed by atoms with Crippen LogP contribution in [0.5, 0.6) is 0 Å². The van der Waals surface area contributed by atoms with E-state index in [1.54, 1.807) is 24.3 Å². The van der Waals surface area contributed by atoms with E-state index in [1.165, 1.54) is 19.1 Å². The smallest absolute Gasteiger partial charge is 0.410 e. The number of hydrogen-bond donors (Lipinski definition) is 1. The van der Waals surface area contributed by atoms with Crippen LogP contribution in [-0.2, 0) is 14.3 Å². The predicted octanol–water partition coefficient (Wildman–Crippen LogP) is 0.862. The summed E-state index contributed by atoms with van der Waals surface area (Å²) in [6, 6.07) is 5.61. The van der Waals surface area contributed by atoms with Gasteiger partial charge in [0.1, 0.15) is 12.6 Å². The fourth-order valence-electron chi connectivity index (χ4n) is 1.78. The summed E-state index contributed by atoms with van der Waals surface area (Å²) in [5.74, 6) is -0.790. The Balaban J connectivity index is 2.01. The molecule has 0 aromatic heterocycles. The van der Waals surface area contributed by atoms with Gasteiger partial charge in [-0.3, -0.25) is 9.69 Å². The number of carbonyl (C=O) groups excluding carboxylic acids is 3. The van der Waals surface area contributed by atoms with Crippen molar-refractivity contribution in [3.63, 3.8) is 0 Å². The standard InChI is InChI=1S/C13H14N2O5/c1-15-10(7-20-13(15)18)11(16)14-9-5-3-8(4-6-9)12(17)19-2/h3-6,10H,7H2,1-2H3,(H,14,16). The minimum Gasteiger partial charge on any atom is -0.465 e. The number of hydrogen-bond acceptors (Lipinski definition) is 5. The lowest BCUT2D eigenvalue weighted by molar-refractivity contribution is -0.119. The van der Waals surface area contributed by atoms with Crippen molar-refractivity contribution in [1.29, 1.82) is 0 Å². The molecule has 0 spiro atoms. The number of nitrogens with zero attached hydrogens (tertiary/aromatic N) is 1. The highest BCUT2D eigenvalue weighted by Crippen LogP contribution is 2.14. The Morgan fingerprint density at radius 3 is 2.50 bits per heavy atom. The van der Waals surface area contributed by atoms with E-state index in [1.807, 2.05) is 0 Å². The highest BCUT2D eigenvalue weighted by atomic mass is 16.6. The molecule has 1 heterocycles. The number of nitrogens with one attached hydrogen (secondary N) is 1. The van der Waals surface area contributed by atoms with Crippen LogP contribution < -0.4 is 5.32 Å². The Morgan fingerprint density at radius 1 is 1.35 bits per heavy atom. The van der Waals surface area contributed by atoms with Gasteiger partial charge < -0.3 is 14.8 Å². The van der Waals surface area contributed by atoms with E-state index in [0.29, 0.717) is 11.3 Å². The molecule has 7 heteroatoms. The number of carbonyl (C=O) groups is 3. The van der Waals surface area contributed by atoms with Gasteiger partial charge in [0.05, 0.1) is 12.7 Å². The lowest BCUT2D eigenvalue weighted by Gasteiger charge is -2.15. The Kier molecular flexibility index (Phi) is 3.88. The second kappa shape index (κ2) is 5.60. The third-order valence-corrected chi connectivity index (χ3v) is 3.00. The molecular weight excluding hydrogens is 264 g/mol. The highest BCUT2D eigenvalue weighted by Gasteiger charge is 2.35. The first-order valence-corrected chi connectivity index (χ1v) is 5.91. The van der Waals surface area contributed by atoms with Crippen LogP contribution in [0.4, 0.5) is 10.5 Å². The van der Waals surface area contributed by atoms with Crippen molar-refractivity contribution < 1.29 is 23.9 Å². The van der Waals surface area contributed by atoms with Crippen molar-refractivity contribution in [1.82, 2.24) is 4.90 Å². The molecule has 1 unspecified atom stereocenters. The maximum Gasteiger partial charge on any atom is 0.410 e. The maximum absolute atomic E-state index is 12.0. The van der Waals surface area contributed by atoms with E-state index in [4.69, 9.17) is 4.74 Å². The number of cyclic esters (lactones) is 1. The third kappa shape index (κ3) is 2.71. The number of benzene rings is 1. The molecule has 1 aromatic carbocycles. The third-order valence-electron chi connectivity index (χ3n) is 3.00. The Bertz CT molecular complexity index is 540. The van der Waals surface area contributed by atoms with Gasteiger partial charge in [-0.25, -0.2) is 9.59 Å².